The number of halogens is 1. The fraction of sp³-hybridized carbons (Fsp3) is 0.0870. The van der Waals surface area contributed by atoms with Gasteiger partial charge in [-0.1, -0.05) is 6.07 Å². The molecule has 0 fully saturated rings. The summed E-state index contributed by atoms with van der Waals surface area (Å²) in [6.45, 7) is 1.60. The smallest absolute Gasteiger partial charge is 0.265 e. The third kappa shape index (κ3) is 5.05. The van der Waals surface area contributed by atoms with Gasteiger partial charge in [-0.15, -0.1) is 0 Å². The van der Waals surface area contributed by atoms with E-state index in [-0.39, 0.29) is 11.7 Å². The van der Waals surface area contributed by atoms with Gasteiger partial charge in [-0.25, -0.2) is 4.39 Å². The van der Waals surface area contributed by atoms with Gasteiger partial charge in [0.05, 0.1) is 11.6 Å². The van der Waals surface area contributed by atoms with Gasteiger partial charge < -0.3 is 10.1 Å². The van der Waals surface area contributed by atoms with Gasteiger partial charge in [0, 0.05) is 16.8 Å². The molecule has 6 heteroatoms. The molecule has 0 heterocycles. The molecule has 1 atom stereocenters. The minimum atomic E-state index is -0.792. The fourth-order valence-corrected chi connectivity index (χ4v) is 2.62. The summed E-state index contributed by atoms with van der Waals surface area (Å²) in [6, 6.07) is 20.3. The number of ketones is 1. The first-order chi connectivity index (χ1) is 14.0. The first-order valence-corrected chi connectivity index (χ1v) is 8.84. The Morgan fingerprint density at radius 1 is 1.00 bits per heavy atom. The van der Waals surface area contributed by atoms with Crippen molar-refractivity contribution in [3.63, 3.8) is 0 Å². The van der Waals surface area contributed by atoms with Gasteiger partial charge in [0.25, 0.3) is 5.91 Å². The van der Waals surface area contributed by atoms with Crippen LogP contribution >= 0.6 is 0 Å². The molecular weight excluding hydrogens is 371 g/mol. The summed E-state index contributed by atoms with van der Waals surface area (Å²) in [5, 5.41) is 11.6. The van der Waals surface area contributed by atoms with Gasteiger partial charge in [-0.3, -0.25) is 9.59 Å². The zero-order valence-corrected chi connectivity index (χ0v) is 15.6. The van der Waals surface area contributed by atoms with Crippen LogP contribution in [-0.2, 0) is 4.79 Å². The van der Waals surface area contributed by atoms with E-state index < -0.39 is 11.9 Å². The molecule has 0 aliphatic rings. The molecule has 0 aliphatic carbocycles. The van der Waals surface area contributed by atoms with Crippen LogP contribution in [0.4, 0.5) is 10.1 Å². The van der Waals surface area contributed by atoms with Crippen LogP contribution in [0.5, 0.6) is 5.75 Å². The number of nitrogens with zero attached hydrogens (tertiary/aromatic N) is 1. The quantitative estimate of drug-likeness (QED) is 0.638. The molecule has 144 valence electrons. The number of ether oxygens (including phenoxy) is 1. The number of hydrogen-bond acceptors (Lipinski definition) is 4. The van der Waals surface area contributed by atoms with Crippen LogP contribution < -0.4 is 10.1 Å². The molecule has 3 aromatic rings. The van der Waals surface area contributed by atoms with Crippen LogP contribution in [0.15, 0.2) is 72.8 Å². The standard InChI is InChI=1S/C23H17FN2O3/c1-15(23(28)26-20-4-2-3-16(13-20)14-25)29-21-11-7-18(8-12-21)22(27)17-5-9-19(24)10-6-17/h2-13,15H,1H3,(H,26,28)/t15-/m1/s1. The van der Waals surface area contributed by atoms with Gasteiger partial charge in [0.2, 0.25) is 0 Å². The molecule has 1 N–H and O–H groups in total. The lowest BCUT2D eigenvalue weighted by Gasteiger charge is -2.15. The van der Waals surface area contributed by atoms with Crippen molar-refractivity contribution in [2.45, 2.75) is 13.0 Å². The van der Waals surface area contributed by atoms with E-state index in [1.807, 2.05) is 6.07 Å². The minimum absolute atomic E-state index is 0.236. The largest absolute Gasteiger partial charge is 0.481 e. The SMILES string of the molecule is C[C@@H](Oc1ccc(C(=O)c2ccc(F)cc2)cc1)C(=O)Nc1cccc(C#N)c1. The normalized spacial score (nSPS) is 11.2. The predicted molar refractivity (Wildman–Crippen MR) is 106 cm³/mol. The first kappa shape index (κ1) is 19.8. The molecule has 1 amide bonds. The van der Waals surface area contributed by atoms with E-state index in [4.69, 9.17) is 10.00 Å². The number of nitrogens with one attached hydrogen (secondary N) is 1. The Morgan fingerprint density at radius 2 is 1.62 bits per heavy atom. The molecule has 0 unspecified atom stereocenters. The maximum atomic E-state index is 13.0. The molecule has 0 bridgehead atoms. The Labute approximate surface area is 167 Å². The van der Waals surface area contributed by atoms with Crippen molar-refractivity contribution in [2.24, 2.45) is 0 Å². The van der Waals surface area contributed by atoms with Crippen molar-refractivity contribution in [1.29, 1.82) is 5.26 Å². The molecule has 3 rings (SSSR count). The summed E-state index contributed by atoms with van der Waals surface area (Å²) in [7, 11) is 0. The van der Waals surface area contributed by atoms with Gasteiger partial charge in [-0.2, -0.15) is 5.26 Å². The maximum Gasteiger partial charge on any atom is 0.265 e. The van der Waals surface area contributed by atoms with E-state index in [0.717, 1.165) is 0 Å². The average molecular weight is 388 g/mol. The monoisotopic (exact) mass is 388 g/mol. The van der Waals surface area contributed by atoms with Crippen molar-refractivity contribution in [3.05, 3.63) is 95.3 Å². The Balaban J connectivity index is 1.62. The predicted octanol–water partition coefficient (Wildman–Crippen LogP) is 4.33. The van der Waals surface area contributed by atoms with E-state index in [1.165, 1.54) is 24.3 Å². The number of rotatable bonds is 6. The molecular formula is C23H17FN2O3. The lowest BCUT2D eigenvalue weighted by Crippen LogP contribution is -2.30. The van der Waals surface area contributed by atoms with Crippen molar-refractivity contribution in [2.75, 3.05) is 5.32 Å². The number of hydrogen-bond donors (Lipinski definition) is 1. The van der Waals surface area contributed by atoms with Gasteiger partial charge in [0.15, 0.2) is 11.9 Å². The van der Waals surface area contributed by atoms with Crippen LogP contribution in [0.25, 0.3) is 0 Å². The number of benzene rings is 3. The van der Waals surface area contributed by atoms with Crippen LogP contribution in [0.3, 0.4) is 0 Å². The van der Waals surface area contributed by atoms with Crippen molar-refractivity contribution in [3.8, 4) is 11.8 Å². The minimum Gasteiger partial charge on any atom is -0.481 e. The molecule has 0 saturated heterocycles. The summed E-state index contributed by atoms with van der Waals surface area (Å²) in [4.78, 5) is 24.7. The fourth-order valence-electron chi connectivity index (χ4n) is 2.62. The van der Waals surface area contributed by atoms with Crippen LogP contribution in [0, 0.1) is 17.1 Å². The lowest BCUT2D eigenvalue weighted by molar-refractivity contribution is -0.122. The van der Waals surface area contributed by atoms with Crippen LogP contribution in [0.1, 0.15) is 28.4 Å². The maximum absolute atomic E-state index is 13.0. The van der Waals surface area contributed by atoms with E-state index in [9.17, 15) is 14.0 Å². The summed E-state index contributed by atoms with van der Waals surface area (Å²) < 4.78 is 18.6. The van der Waals surface area contributed by atoms with E-state index in [0.29, 0.717) is 28.1 Å². The highest BCUT2D eigenvalue weighted by Gasteiger charge is 2.16. The van der Waals surface area contributed by atoms with E-state index in [1.54, 1.807) is 55.5 Å². The zero-order valence-electron chi connectivity index (χ0n) is 15.6. The Bertz CT molecular complexity index is 1070. The Hall–Kier alpha value is -3.98. The van der Waals surface area contributed by atoms with E-state index >= 15 is 0 Å². The Morgan fingerprint density at radius 3 is 2.24 bits per heavy atom. The summed E-state index contributed by atoms with van der Waals surface area (Å²) in [5.74, 6) is -0.586. The molecule has 5 nitrogen and oxygen atoms in total. The second kappa shape index (κ2) is 8.81. The molecule has 0 radical (unpaired) electrons. The molecule has 0 aliphatic heterocycles. The summed E-state index contributed by atoms with van der Waals surface area (Å²) in [6.07, 6.45) is -0.792. The Kier molecular flexibility index (Phi) is 6.00. The number of carbonyl (C=O) groups is 2. The number of carbonyl (C=O) groups excluding carboxylic acids is 2. The van der Waals surface area contributed by atoms with Gasteiger partial charge >= 0.3 is 0 Å². The molecule has 0 aromatic heterocycles. The lowest BCUT2D eigenvalue weighted by atomic mass is 10.0. The van der Waals surface area contributed by atoms with Crippen molar-refractivity contribution >= 4 is 17.4 Å². The summed E-state index contributed by atoms with van der Waals surface area (Å²) in [5.41, 5.74) is 1.75. The molecule has 0 spiro atoms. The highest BCUT2D eigenvalue weighted by atomic mass is 19.1. The van der Waals surface area contributed by atoms with Gasteiger partial charge in [-0.05, 0) is 73.7 Å². The number of anilines is 1. The second-order valence-electron chi connectivity index (χ2n) is 6.30. The highest BCUT2D eigenvalue weighted by Crippen LogP contribution is 2.18. The second-order valence-corrected chi connectivity index (χ2v) is 6.30. The topological polar surface area (TPSA) is 79.2 Å². The molecule has 0 saturated carbocycles. The third-order valence-electron chi connectivity index (χ3n) is 4.16. The molecule has 3 aromatic carbocycles. The highest BCUT2D eigenvalue weighted by molar-refractivity contribution is 6.09. The number of nitriles is 1. The van der Waals surface area contributed by atoms with Crippen LogP contribution in [-0.4, -0.2) is 17.8 Å². The molecule has 29 heavy (non-hydrogen) atoms. The van der Waals surface area contributed by atoms with Gasteiger partial charge in [0.1, 0.15) is 11.6 Å². The average Bonchev–Trinajstić information content (AvgIpc) is 2.74. The van der Waals surface area contributed by atoms with Crippen molar-refractivity contribution in [1.82, 2.24) is 0 Å². The number of amides is 1. The van der Waals surface area contributed by atoms with Crippen LogP contribution in [0.2, 0.25) is 0 Å². The zero-order chi connectivity index (χ0) is 20.8. The first-order valence-electron chi connectivity index (χ1n) is 8.84. The third-order valence-corrected chi connectivity index (χ3v) is 4.16. The van der Waals surface area contributed by atoms with Crippen molar-refractivity contribution < 1.29 is 18.7 Å². The van der Waals surface area contributed by atoms with E-state index in [2.05, 4.69) is 5.32 Å². The summed E-state index contributed by atoms with van der Waals surface area (Å²) >= 11 is 0.